The SMILES string of the molecule is CC(C)(C)OC(=O)NC1CC(Nc2ccc3ncsc3c2)C1. The third kappa shape index (κ3) is 3.68. The van der Waals surface area contributed by atoms with Crippen molar-refractivity contribution in [3.8, 4) is 0 Å². The fraction of sp³-hybridized carbons (Fsp3) is 0.500. The summed E-state index contributed by atoms with van der Waals surface area (Å²) in [6.45, 7) is 5.61. The minimum absolute atomic E-state index is 0.194. The van der Waals surface area contributed by atoms with E-state index in [-0.39, 0.29) is 12.1 Å². The molecule has 118 valence electrons. The number of rotatable bonds is 3. The van der Waals surface area contributed by atoms with Gasteiger partial charge >= 0.3 is 6.09 Å². The maximum Gasteiger partial charge on any atom is 0.407 e. The van der Waals surface area contributed by atoms with E-state index in [1.807, 2.05) is 32.3 Å². The minimum atomic E-state index is -0.449. The average molecular weight is 319 g/mol. The van der Waals surface area contributed by atoms with Crippen LogP contribution in [-0.4, -0.2) is 28.8 Å². The highest BCUT2D eigenvalue weighted by molar-refractivity contribution is 7.16. The lowest BCUT2D eigenvalue weighted by molar-refractivity contribution is 0.0475. The zero-order chi connectivity index (χ0) is 15.7. The number of carbonyl (C=O) groups is 1. The summed E-state index contributed by atoms with van der Waals surface area (Å²) in [6.07, 6.45) is 1.50. The van der Waals surface area contributed by atoms with Crippen LogP contribution in [0.25, 0.3) is 10.2 Å². The maximum absolute atomic E-state index is 11.7. The summed E-state index contributed by atoms with van der Waals surface area (Å²) in [5.41, 5.74) is 3.56. The van der Waals surface area contributed by atoms with Gasteiger partial charge in [-0.3, -0.25) is 0 Å². The van der Waals surface area contributed by atoms with E-state index < -0.39 is 5.60 Å². The van der Waals surface area contributed by atoms with Gasteiger partial charge in [-0.25, -0.2) is 9.78 Å². The van der Waals surface area contributed by atoms with Gasteiger partial charge < -0.3 is 15.4 Å². The number of nitrogens with zero attached hydrogens (tertiary/aromatic N) is 1. The number of benzene rings is 1. The van der Waals surface area contributed by atoms with E-state index in [4.69, 9.17) is 4.74 Å². The lowest BCUT2D eigenvalue weighted by atomic mass is 9.86. The predicted molar refractivity (Wildman–Crippen MR) is 89.4 cm³/mol. The molecule has 1 aliphatic rings. The van der Waals surface area contributed by atoms with Gasteiger partial charge in [-0.05, 0) is 51.8 Å². The topological polar surface area (TPSA) is 63.2 Å². The number of hydrogen-bond acceptors (Lipinski definition) is 5. The fourth-order valence-corrected chi connectivity index (χ4v) is 3.22. The van der Waals surface area contributed by atoms with E-state index in [0.29, 0.717) is 6.04 Å². The van der Waals surface area contributed by atoms with Crippen LogP contribution in [0.1, 0.15) is 33.6 Å². The predicted octanol–water partition coefficient (Wildman–Crippen LogP) is 3.76. The zero-order valence-corrected chi connectivity index (χ0v) is 13.9. The minimum Gasteiger partial charge on any atom is -0.444 e. The van der Waals surface area contributed by atoms with E-state index in [1.54, 1.807) is 11.3 Å². The molecule has 2 aromatic rings. The second-order valence-corrected chi connectivity index (χ2v) is 7.58. The summed E-state index contributed by atoms with van der Waals surface area (Å²) in [6, 6.07) is 6.80. The number of aromatic nitrogens is 1. The molecule has 3 rings (SSSR count). The Morgan fingerprint density at radius 3 is 2.82 bits per heavy atom. The number of alkyl carbamates (subject to hydrolysis) is 1. The van der Waals surface area contributed by atoms with Crippen molar-refractivity contribution < 1.29 is 9.53 Å². The van der Waals surface area contributed by atoms with Gasteiger partial charge in [-0.2, -0.15) is 0 Å². The van der Waals surface area contributed by atoms with Crippen molar-refractivity contribution in [3.63, 3.8) is 0 Å². The third-order valence-corrected chi connectivity index (χ3v) is 4.35. The van der Waals surface area contributed by atoms with Crippen molar-refractivity contribution in [2.45, 2.75) is 51.3 Å². The molecule has 5 nitrogen and oxygen atoms in total. The molecule has 1 aromatic carbocycles. The molecule has 0 saturated heterocycles. The van der Waals surface area contributed by atoms with Gasteiger partial charge in [0.15, 0.2) is 0 Å². The van der Waals surface area contributed by atoms with Crippen LogP contribution in [0.4, 0.5) is 10.5 Å². The first-order valence-corrected chi connectivity index (χ1v) is 8.36. The monoisotopic (exact) mass is 319 g/mol. The highest BCUT2D eigenvalue weighted by atomic mass is 32.1. The normalized spacial score (nSPS) is 21.2. The number of hydrogen-bond donors (Lipinski definition) is 2. The zero-order valence-electron chi connectivity index (χ0n) is 13.1. The van der Waals surface area contributed by atoms with Crippen LogP contribution in [0.2, 0.25) is 0 Å². The van der Waals surface area contributed by atoms with Crippen LogP contribution >= 0.6 is 11.3 Å². The molecule has 1 amide bonds. The van der Waals surface area contributed by atoms with Crippen LogP contribution < -0.4 is 10.6 Å². The molecule has 1 fully saturated rings. The molecular weight excluding hydrogens is 298 g/mol. The molecule has 1 aliphatic carbocycles. The first-order chi connectivity index (χ1) is 10.4. The van der Waals surface area contributed by atoms with Crippen LogP contribution in [0.5, 0.6) is 0 Å². The van der Waals surface area contributed by atoms with Crippen LogP contribution in [-0.2, 0) is 4.74 Å². The molecule has 1 aromatic heterocycles. The highest BCUT2D eigenvalue weighted by Crippen LogP contribution is 2.27. The molecule has 0 aliphatic heterocycles. The van der Waals surface area contributed by atoms with E-state index in [1.165, 1.54) is 4.70 Å². The van der Waals surface area contributed by atoms with Crippen LogP contribution in [0.3, 0.4) is 0 Å². The molecule has 0 radical (unpaired) electrons. The van der Waals surface area contributed by atoms with Crippen molar-refractivity contribution in [3.05, 3.63) is 23.7 Å². The molecular formula is C16H21N3O2S. The number of amides is 1. The number of anilines is 1. The Morgan fingerprint density at radius 2 is 2.09 bits per heavy atom. The van der Waals surface area contributed by atoms with Gasteiger partial charge in [0.2, 0.25) is 0 Å². The molecule has 0 unspecified atom stereocenters. The van der Waals surface area contributed by atoms with Gasteiger partial charge in [-0.15, -0.1) is 11.3 Å². The Kier molecular flexibility index (Phi) is 3.95. The Labute approximate surface area is 134 Å². The Morgan fingerprint density at radius 1 is 1.32 bits per heavy atom. The summed E-state index contributed by atoms with van der Waals surface area (Å²) in [7, 11) is 0. The second kappa shape index (κ2) is 5.76. The Balaban J connectivity index is 1.46. The lowest BCUT2D eigenvalue weighted by Crippen LogP contribution is -2.50. The van der Waals surface area contributed by atoms with Crippen molar-refractivity contribution >= 4 is 33.3 Å². The average Bonchev–Trinajstić information content (AvgIpc) is 2.81. The smallest absolute Gasteiger partial charge is 0.407 e. The summed E-state index contributed by atoms with van der Waals surface area (Å²) in [5, 5.41) is 6.40. The second-order valence-electron chi connectivity index (χ2n) is 6.69. The number of ether oxygens (including phenoxy) is 1. The number of carbonyl (C=O) groups excluding carboxylic acids is 1. The molecule has 0 atom stereocenters. The molecule has 22 heavy (non-hydrogen) atoms. The Hall–Kier alpha value is -1.82. The summed E-state index contributed by atoms with van der Waals surface area (Å²) < 4.78 is 6.45. The van der Waals surface area contributed by atoms with Crippen molar-refractivity contribution in [1.82, 2.24) is 10.3 Å². The van der Waals surface area contributed by atoms with E-state index >= 15 is 0 Å². The summed E-state index contributed by atoms with van der Waals surface area (Å²) in [5.74, 6) is 0. The van der Waals surface area contributed by atoms with Crippen LogP contribution in [0.15, 0.2) is 23.7 Å². The number of fused-ring (bicyclic) bond motifs is 1. The van der Waals surface area contributed by atoms with Gasteiger partial charge in [0.25, 0.3) is 0 Å². The molecule has 1 saturated carbocycles. The van der Waals surface area contributed by atoms with E-state index in [0.717, 1.165) is 24.0 Å². The molecule has 0 bridgehead atoms. The molecule has 1 heterocycles. The number of thiazole rings is 1. The van der Waals surface area contributed by atoms with E-state index in [9.17, 15) is 4.79 Å². The van der Waals surface area contributed by atoms with Gasteiger partial charge in [0.1, 0.15) is 5.60 Å². The molecule has 2 N–H and O–H groups in total. The maximum atomic E-state index is 11.7. The number of nitrogens with one attached hydrogen (secondary N) is 2. The Bertz CT molecular complexity index is 671. The first-order valence-electron chi connectivity index (χ1n) is 7.48. The van der Waals surface area contributed by atoms with E-state index in [2.05, 4.69) is 27.8 Å². The molecule has 0 spiro atoms. The lowest BCUT2D eigenvalue weighted by Gasteiger charge is -2.37. The quantitative estimate of drug-likeness (QED) is 0.904. The van der Waals surface area contributed by atoms with Crippen molar-refractivity contribution in [2.24, 2.45) is 0 Å². The standard InChI is InChI=1S/C16H21N3O2S/c1-16(2,3)21-15(20)19-12-6-11(7-12)18-10-4-5-13-14(8-10)22-9-17-13/h4-5,8-9,11-12,18H,6-7H2,1-3H3,(H,19,20). The third-order valence-electron chi connectivity index (χ3n) is 3.56. The fourth-order valence-electron chi connectivity index (χ4n) is 2.51. The largest absolute Gasteiger partial charge is 0.444 e. The highest BCUT2D eigenvalue weighted by Gasteiger charge is 2.31. The van der Waals surface area contributed by atoms with Gasteiger partial charge in [0.05, 0.1) is 15.7 Å². The van der Waals surface area contributed by atoms with Gasteiger partial charge in [-0.1, -0.05) is 0 Å². The summed E-state index contributed by atoms with van der Waals surface area (Å²) >= 11 is 1.64. The molecule has 6 heteroatoms. The van der Waals surface area contributed by atoms with Gasteiger partial charge in [0, 0.05) is 17.8 Å². The van der Waals surface area contributed by atoms with Crippen molar-refractivity contribution in [1.29, 1.82) is 0 Å². The van der Waals surface area contributed by atoms with Crippen LogP contribution in [0, 0.1) is 0 Å². The van der Waals surface area contributed by atoms with Crippen molar-refractivity contribution in [2.75, 3.05) is 5.32 Å². The summed E-state index contributed by atoms with van der Waals surface area (Å²) in [4.78, 5) is 16.0. The first kappa shape index (κ1) is 15.1.